The van der Waals surface area contributed by atoms with E-state index in [1.165, 1.54) is 6.07 Å². The normalized spacial score (nSPS) is 12.7. The Labute approximate surface area is 209 Å². The second-order valence-corrected chi connectivity index (χ2v) is 8.73. The minimum atomic E-state index is -1.77. The van der Waals surface area contributed by atoms with Gasteiger partial charge in [0.25, 0.3) is 0 Å². The summed E-state index contributed by atoms with van der Waals surface area (Å²) in [4.78, 5) is 11.6. The third-order valence-corrected chi connectivity index (χ3v) is 6.17. The molecule has 0 saturated heterocycles. The van der Waals surface area contributed by atoms with E-state index in [0.29, 0.717) is 22.2 Å². The molecule has 0 aliphatic rings. The summed E-state index contributed by atoms with van der Waals surface area (Å²) in [6.45, 7) is 2.20. The summed E-state index contributed by atoms with van der Waals surface area (Å²) in [5.41, 5.74) is 1.66. The number of benzene rings is 3. The second-order valence-electron chi connectivity index (χ2n) is 7.92. The van der Waals surface area contributed by atoms with Crippen LogP contribution >= 0.6 is 23.2 Å². The van der Waals surface area contributed by atoms with Gasteiger partial charge in [-0.25, -0.2) is 4.79 Å². The van der Waals surface area contributed by atoms with Crippen LogP contribution in [0.15, 0.2) is 66.7 Å². The van der Waals surface area contributed by atoms with Crippen molar-refractivity contribution in [2.75, 3.05) is 0 Å². The third-order valence-electron chi connectivity index (χ3n) is 5.46. The molecule has 34 heavy (non-hydrogen) atoms. The number of carbonyl (C=O) groups is 1. The van der Waals surface area contributed by atoms with E-state index in [1.54, 1.807) is 18.2 Å². The highest BCUT2D eigenvalue weighted by molar-refractivity contribution is 6.31. The number of hydrogen-bond donors (Lipinski definition) is 2. The number of aliphatic hydroxyl groups excluding tert-OH is 1. The number of carboxylic acid groups (broad SMARTS) is 1. The Balaban J connectivity index is 1.98. The maximum absolute atomic E-state index is 11.6. The molecular formula is C27H28Cl2O5. The molecule has 3 aromatic carbocycles. The van der Waals surface area contributed by atoms with Crippen molar-refractivity contribution in [1.82, 2.24) is 0 Å². The number of para-hydroxylation sites is 1. The minimum absolute atomic E-state index is 0.0754. The number of rotatable bonds is 12. The minimum Gasteiger partial charge on any atom is -0.485 e. The van der Waals surface area contributed by atoms with Gasteiger partial charge in [-0.05, 0) is 31.0 Å². The molecule has 0 radical (unpaired) electrons. The van der Waals surface area contributed by atoms with Crippen LogP contribution in [-0.4, -0.2) is 16.2 Å². The molecule has 2 atom stereocenters. The molecular weight excluding hydrogens is 475 g/mol. The maximum Gasteiger partial charge on any atom is 0.337 e. The summed E-state index contributed by atoms with van der Waals surface area (Å²) in [5.74, 6) is -0.901. The lowest BCUT2D eigenvalue weighted by atomic mass is 10.0. The van der Waals surface area contributed by atoms with Crippen molar-refractivity contribution in [3.05, 3.63) is 93.5 Å². The molecule has 0 bridgehead atoms. The zero-order valence-electron chi connectivity index (χ0n) is 18.9. The molecule has 0 amide bonds. The van der Waals surface area contributed by atoms with Crippen LogP contribution in [0, 0.1) is 0 Å². The average Bonchev–Trinajstić information content (AvgIpc) is 2.83. The van der Waals surface area contributed by atoms with E-state index < -0.39 is 12.1 Å². The van der Waals surface area contributed by atoms with Crippen LogP contribution in [0.2, 0.25) is 10.0 Å². The molecule has 0 aliphatic carbocycles. The average molecular weight is 503 g/mol. The summed E-state index contributed by atoms with van der Waals surface area (Å²) in [6, 6.07) is 19.5. The Kier molecular flexibility index (Phi) is 9.63. The van der Waals surface area contributed by atoms with Crippen molar-refractivity contribution >= 4 is 29.2 Å². The van der Waals surface area contributed by atoms with Gasteiger partial charge in [0.1, 0.15) is 12.7 Å². The monoisotopic (exact) mass is 502 g/mol. The van der Waals surface area contributed by atoms with Gasteiger partial charge in [0.05, 0.1) is 0 Å². The highest BCUT2D eigenvalue weighted by Gasteiger charge is 2.26. The first-order valence-corrected chi connectivity index (χ1v) is 12.0. The molecule has 0 fully saturated rings. The van der Waals surface area contributed by atoms with E-state index in [4.69, 9.17) is 32.7 Å². The SMILES string of the molecule is CCCCCC(Oc1cccc(C(O)C(=O)O)c1OCc1ccccc1Cl)c1ccccc1Cl. The standard InChI is InChI=1S/C27H28Cl2O5/c1-2-3-4-15-23(19-11-6-8-14-22(19)29)34-24-16-9-12-20(25(30)27(31)32)26(24)33-17-18-10-5-7-13-21(18)28/h5-14,16,23,25,30H,2-4,15,17H2,1H3,(H,31,32). The fourth-order valence-electron chi connectivity index (χ4n) is 3.64. The van der Waals surface area contributed by atoms with Gasteiger partial charge in [-0.3, -0.25) is 0 Å². The molecule has 0 heterocycles. The van der Waals surface area contributed by atoms with E-state index in [9.17, 15) is 15.0 Å². The third kappa shape index (κ3) is 6.66. The lowest BCUT2D eigenvalue weighted by molar-refractivity contribution is -0.147. The Bertz CT molecular complexity index is 1100. The Morgan fingerprint density at radius 2 is 1.59 bits per heavy atom. The Morgan fingerprint density at radius 1 is 0.912 bits per heavy atom. The van der Waals surface area contributed by atoms with Crippen molar-refractivity contribution in [2.45, 2.75) is 51.4 Å². The first kappa shape index (κ1) is 25.9. The molecule has 2 N–H and O–H groups in total. The fourth-order valence-corrected chi connectivity index (χ4v) is 4.09. The zero-order chi connectivity index (χ0) is 24.5. The molecule has 5 nitrogen and oxygen atoms in total. The lowest BCUT2D eigenvalue weighted by Crippen LogP contribution is -2.14. The molecule has 0 aliphatic heterocycles. The Morgan fingerprint density at radius 3 is 2.26 bits per heavy atom. The van der Waals surface area contributed by atoms with Crippen molar-refractivity contribution in [1.29, 1.82) is 0 Å². The van der Waals surface area contributed by atoms with Crippen molar-refractivity contribution in [3.8, 4) is 11.5 Å². The highest BCUT2D eigenvalue weighted by atomic mass is 35.5. The summed E-state index contributed by atoms with van der Waals surface area (Å²) in [7, 11) is 0. The van der Waals surface area contributed by atoms with Gasteiger partial charge < -0.3 is 19.7 Å². The van der Waals surface area contributed by atoms with Crippen LogP contribution in [-0.2, 0) is 11.4 Å². The molecule has 3 rings (SSSR count). The van der Waals surface area contributed by atoms with Crippen LogP contribution < -0.4 is 9.47 Å². The maximum atomic E-state index is 11.6. The number of ether oxygens (including phenoxy) is 2. The first-order valence-electron chi connectivity index (χ1n) is 11.2. The Hall–Kier alpha value is -2.73. The van der Waals surface area contributed by atoms with Crippen molar-refractivity contribution in [3.63, 3.8) is 0 Å². The largest absolute Gasteiger partial charge is 0.485 e. The molecule has 0 spiro atoms. The highest BCUT2D eigenvalue weighted by Crippen LogP contribution is 2.40. The van der Waals surface area contributed by atoms with Crippen LogP contribution in [0.25, 0.3) is 0 Å². The van der Waals surface area contributed by atoms with Gasteiger partial charge in [-0.15, -0.1) is 0 Å². The first-order chi connectivity index (χ1) is 16.4. The fraction of sp³-hybridized carbons (Fsp3) is 0.296. The molecule has 180 valence electrons. The van der Waals surface area contributed by atoms with E-state index in [2.05, 4.69) is 6.92 Å². The number of hydrogen-bond acceptors (Lipinski definition) is 4. The zero-order valence-corrected chi connectivity index (χ0v) is 20.4. The van der Waals surface area contributed by atoms with E-state index in [0.717, 1.165) is 30.4 Å². The summed E-state index contributed by atoms with van der Waals surface area (Å²) < 4.78 is 12.4. The van der Waals surface area contributed by atoms with Gasteiger partial charge in [-0.1, -0.05) is 91.5 Å². The number of unbranched alkanes of at least 4 members (excludes halogenated alkanes) is 2. The summed E-state index contributed by atoms with van der Waals surface area (Å²) in [6.07, 6.45) is 1.59. The second kappa shape index (κ2) is 12.7. The summed E-state index contributed by atoms with van der Waals surface area (Å²) >= 11 is 12.7. The predicted molar refractivity (Wildman–Crippen MR) is 134 cm³/mol. The number of carboxylic acids is 1. The van der Waals surface area contributed by atoms with Gasteiger partial charge in [0.15, 0.2) is 17.6 Å². The molecule has 0 aromatic heterocycles. The molecule has 0 saturated carbocycles. The van der Waals surface area contributed by atoms with Crippen LogP contribution in [0.5, 0.6) is 11.5 Å². The van der Waals surface area contributed by atoms with Gasteiger partial charge in [-0.2, -0.15) is 0 Å². The van der Waals surface area contributed by atoms with Gasteiger partial charge in [0.2, 0.25) is 0 Å². The van der Waals surface area contributed by atoms with Crippen LogP contribution in [0.4, 0.5) is 0 Å². The molecule has 2 unspecified atom stereocenters. The van der Waals surface area contributed by atoms with E-state index in [-0.39, 0.29) is 24.0 Å². The number of halogens is 2. The van der Waals surface area contributed by atoms with E-state index in [1.807, 2.05) is 42.5 Å². The van der Waals surface area contributed by atoms with E-state index >= 15 is 0 Å². The van der Waals surface area contributed by atoms with Gasteiger partial charge in [0, 0.05) is 26.7 Å². The summed E-state index contributed by atoms with van der Waals surface area (Å²) in [5, 5.41) is 20.9. The van der Waals surface area contributed by atoms with Gasteiger partial charge >= 0.3 is 5.97 Å². The smallest absolute Gasteiger partial charge is 0.337 e. The van der Waals surface area contributed by atoms with Crippen molar-refractivity contribution < 1.29 is 24.5 Å². The molecule has 7 heteroatoms. The van der Waals surface area contributed by atoms with Crippen molar-refractivity contribution in [2.24, 2.45) is 0 Å². The lowest BCUT2D eigenvalue weighted by Gasteiger charge is -2.24. The number of aliphatic hydroxyl groups is 1. The van der Waals surface area contributed by atoms with Crippen LogP contribution in [0.3, 0.4) is 0 Å². The quantitative estimate of drug-likeness (QED) is 0.252. The predicted octanol–water partition coefficient (Wildman–Crippen LogP) is 7.39. The van der Waals surface area contributed by atoms with Crippen LogP contribution in [0.1, 0.15) is 61.5 Å². The number of aliphatic carboxylic acids is 1. The molecule has 3 aromatic rings. The topological polar surface area (TPSA) is 76.0 Å².